The van der Waals surface area contributed by atoms with Gasteiger partial charge in [0.2, 0.25) is 0 Å². The molecule has 0 aliphatic carbocycles. The molecule has 1 aromatic carbocycles. The molecule has 5 heteroatoms. The van der Waals surface area contributed by atoms with Crippen LogP contribution in [-0.2, 0) is 6.54 Å². The predicted molar refractivity (Wildman–Crippen MR) is 69.0 cm³/mol. The number of hydrogen-bond acceptors (Lipinski definition) is 2. The molecule has 0 amide bonds. The molecule has 0 radical (unpaired) electrons. The van der Waals surface area contributed by atoms with E-state index in [2.05, 4.69) is 33.0 Å². The van der Waals surface area contributed by atoms with E-state index in [9.17, 15) is 4.39 Å². The van der Waals surface area contributed by atoms with Gasteiger partial charge in [0, 0.05) is 18.3 Å². The van der Waals surface area contributed by atoms with Crippen LogP contribution in [0.4, 0.5) is 4.39 Å². The number of rotatable bonds is 3. The van der Waals surface area contributed by atoms with Gasteiger partial charge in [-0.15, -0.1) is 0 Å². The lowest BCUT2D eigenvalue weighted by atomic mass is 10.1. The van der Waals surface area contributed by atoms with E-state index in [1.165, 1.54) is 6.07 Å². The minimum atomic E-state index is -0.211. The van der Waals surface area contributed by atoms with Gasteiger partial charge in [0.15, 0.2) is 0 Å². The van der Waals surface area contributed by atoms with Gasteiger partial charge < -0.3 is 5.32 Å². The van der Waals surface area contributed by atoms with Crippen molar-refractivity contribution >= 4 is 22.6 Å². The standard InChI is InChI=1S/C11H11FIN3/c1-14-6-9-10(12)3-2-4-11(9)16-7-8(13)5-15-16/h2-5,7,14H,6H2,1H3. The zero-order chi connectivity index (χ0) is 11.5. The maximum atomic E-state index is 13.6. The summed E-state index contributed by atoms with van der Waals surface area (Å²) in [4.78, 5) is 0. The molecule has 0 bridgehead atoms. The van der Waals surface area contributed by atoms with Crippen molar-refractivity contribution in [2.45, 2.75) is 6.54 Å². The normalized spacial score (nSPS) is 10.7. The van der Waals surface area contributed by atoms with Crippen LogP contribution in [0.1, 0.15) is 5.56 Å². The van der Waals surface area contributed by atoms with Gasteiger partial charge in [-0.2, -0.15) is 5.10 Å². The predicted octanol–water partition coefficient (Wildman–Crippen LogP) is 2.34. The van der Waals surface area contributed by atoms with Crippen molar-refractivity contribution in [3.8, 4) is 5.69 Å². The first-order valence-electron chi connectivity index (χ1n) is 4.85. The quantitative estimate of drug-likeness (QED) is 0.875. The summed E-state index contributed by atoms with van der Waals surface area (Å²) < 4.78 is 16.4. The van der Waals surface area contributed by atoms with E-state index in [0.717, 1.165) is 9.26 Å². The molecule has 0 saturated heterocycles. The van der Waals surface area contributed by atoms with Crippen LogP contribution in [0, 0.1) is 9.39 Å². The highest BCUT2D eigenvalue weighted by Crippen LogP contribution is 2.18. The Bertz CT molecular complexity index is 496. The van der Waals surface area contributed by atoms with Crippen LogP contribution < -0.4 is 5.32 Å². The van der Waals surface area contributed by atoms with E-state index < -0.39 is 0 Å². The summed E-state index contributed by atoms with van der Waals surface area (Å²) in [5.41, 5.74) is 1.40. The van der Waals surface area contributed by atoms with Crippen LogP contribution in [0.25, 0.3) is 5.69 Å². The number of aromatic nitrogens is 2. The summed E-state index contributed by atoms with van der Waals surface area (Å²) in [7, 11) is 1.79. The second-order valence-corrected chi connectivity index (χ2v) is 4.62. The third-order valence-electron chi connectivity index (χ3n) is 2.25. The van der Waals surface area contributed by atoms with Crippen LogP contribution >= 0.6 is 22.6 Å². The monoisotopic (exact) mass is 331 g/mol. The van der Waals surface area contributed by atoms with Gasteiger partial charge in [-0.3, -0.25) is 0 Å². The Morgan fingerprint density at radius 1 is 1.50 bits per heavy atom. The first kappa shape index (κ1) is 11.5. The van der Waals surface area contributed by atoms with E-state index in [1.54, 1.807) is 24.0 Å². The van der Waals surface area contributed by atoms with Crippen LogP contribution in [-0.4, -0.2) is 16.8 Å². The molecule has 3 nitrogen and oxygen atoms in total. The number of hydrogen-bond donors (Lipinski definition) is 1. The maximum absolute atomic E-state index is 13.6. The molecule has 1 aromatic heterocycles. The van der Waals surface area contributed by atoms with Crippen molar-refractivity contribution in [2.24, 2.45) is 0 Å². The van der Waals surface area contributed by atoms with E-state index >= 15 is 0 Å². The zero-order valence-corrected chi connectivity index (χ0v) is 10.9. The highest BCUT2D eigenvalue weighted by molar-refractivity contribution is 14.1. The topological polar surface area (TPSA) is 29.9 Å². The summed E-state index contributed by atoms with van der Waals surface area (Å²) in [6, 6.07) is 5.02. The highest BCUT2D eigenvalue weighted by Gasteiger charge is 2.09. The van der Waals surface area contributed by atoms with Crippen LogP contribution in [0.5, 0.6) is 0 Å². The van der Waals surface area contributed by atoms with Gasteiger partial charge in [-0.25, -0.2) is 9.07 Å². The third kappa shape index (κ3) is 2.25. The number of benzene rings is 1. The molecule has 84 valence electrons. The molecular formula is C11H11FIN3. The molecule has 2 rings (SSSR count). The van der Waals surface area contributed by atoms with Gasteiger partial charge >= 0.3 is 0 Å². The van der Waals surface area contributed by atoms with E-state index in [1.807, 2.05) is 12.3 Å². The molecule has 1 N–H and O–H groups in total. The minimum Gasteiger partial charge on any atom is -0.316 e. The van der Waals surface area contributed by atoms with Crippen LogP contribution in [0.2, 0.25) is 0 Å². The molecule has 0 aliphatic heterocycles. The fraction of sp³-hybridized carbons (Fsp3) is 0.182. The Hall–Kier alpha value is -0.950. The van der Waals surface area contributed by atoms with Crippen molar-refractivity contribution in [2.75, 3.05) is 7.05 Å². The second-order valence-electron chi connectivity index (χ2n) is 3.37. The van der Waals surface area contributed by atoms with Crippen molar-refractivity contribution in [3.63, 3.8) is 0 Å². The Morgan fingerprint density at radius 3 is 2.94 bits per heavy atom. The van der Waals surface area contributed by atoms with Gasteiger partial charge in [0.1, 0.15) is 5.82 Å². The lowest BCUT2D eigenvalue weighted by molar-refractivity contribution is 0.596. The van der Waals surface area contributed by atoms with Gasteiger partial charge in [0.25, 0.3) is 0 Å². The molecule has 2 aromatic rings. The third-order valence-corrected chi connectivity index (χ3v) is 2.80. The van der Waals surface area contributed by atoms with Crippen LogP contribution in [0.15, 0.2) is 30.6 Å². The van der Waals surface area contributed by atoms with Crippen molar-refractivity contribution in [3.05, 3.63) is 45.5 Å². The molecular weight excluding hydrogens is 320 g/mol. The lowest BCUT2D eigenvalue weighted by Crippen LogP contribution is -2.11. The van der Waals surface area contributed by atoms with E-state index in [-0.39, 0.29) is 5.82 Å². The SMILES string of the molecule is CNCc1c(F)cccc1-n1cc(I)cn1. The molecule has 0 unspecified atom stereocenters. The molecule has 1 heterocycles. The summed E-state index contributed by atoms with van der Waals surface area (Å²) in [6.45, 7) is 0.485. The summed E-state index contributed by atoms with van der Waals surface area (Å²) in [5.74, 6) is -0.211. The molecule has 0 saturated carbocycles. The Morgan fingerprint density at radius 2 is 2.31 bits per heavy atom. The average Bonchev–Trinajstić information content (AvgIpc) is 2.68. The Kier molecular flexibility index (Phi) is 3.55. The van der Waals surface area contributed by atoms with E-state index in [4.69, 9.17) is 0 Å². The lowest BCUT2D eigenvalue weighted by Gasteiger charge is -2.09. The average molecular weight is 331 g/mol. The first-order valence-corrected chi connectivity index (χ1v) is 5.93. The number of halogens is 2. The molecule has 0 aliphatic rings. The molecule has 0 spiro atoms. The number of nitrogens with zero attached hydrogens (tertiary/aromatic N) is 2. The smallest absolute Gasteiger partial charge is 0.129 e. The zero-order valence-electron chi connectivity index (χ0n) is 8.74. The fourth-order valence-corrected chi connectivity index (χ4v) is 1.93. The summed E-state index contributed by atoms with van der Waals surface area (Å²) >= 11 is 2.18. The van der Waals surface area contributed by atoms with Crippen LogP contribution in [0.3, 0.4) is 0 Å². The van der Waals surface area contributed by atoms with Crippen molar-refractivity contribution in [1.29, 1.82) is 0 Å². The van der Waals surface area contributed by atoms with Gasteiger partial charge in [-0.05, 0) is 41.8 Å². The van der Waals surface area contributed by atoms with Crippen molar-refractivity contribution < 1.29 is 4.39 Å². The number of nitrogens with one attached hydrogen (secondary N) is 1. The summed E-state index contributed by atoms with van der Waals surface area (Å²) in [5, 5.41) is 7.14. The molecule has 0 fully saturated rings. The Labute approximate surface area is 107 Å². The minimum absolute atomic E-state index is 0.211. The van der Waals surface area contributed by atoms with E-state index in [0.29, 0.717) is 12.1 Å². The Balaban J connectivity index is 2.51. The largest absolute Gasteiger partial charge is 0.316 e. The first-order chi connectivity index (χ1) is 7.72. The second kappa shape index (κ2) is 4.92. The fourth-order valence-electron chi connectivity index (χ4n) is 1.55. The maximum Gasteiger partial charge on any atom is 0.129 e. The van der Waals surface area contributed by atoms with Gasteiger partial charge in [0.05, 0.1) is 15.5 Å². The van der Waals surface area contributed by atoms with Gasteiger partial charge in [-0.1, -0.05) is 6.07 Å². The van der Waals surface area contributed by atoms with Crippen molar-refractivity contribution in [1.82, 2.24) is 15.1 Å². The summed E-state index contributed by atoms with van der Waals surface area (Å²) in [6.07, 6.45) is 3.61. The molecule has 0 atom stereocenters. The molecule has 16 heavy (non-hydrogen) atoms. The highest BCUT2D eigenvalue weighted by atomic mass is 127.